The highest BCUT2D eigenvalue weighted by molar-refractivity contribution is 6.30. The molecule has 0 aliphatic heterocycles. The lowest BCUT2D eigenvalue weighted by molar-refractivity contribution is 0.0759. The third-order valence-electron chi connectivity index (χ3n) is 3.07. The van der Waals surface area contributed by atoms with E-state index in [9.17, 15) is 0 Å². The molecule has 108 valence electrons. The molecular weight excluding hydrogens is 258 g/mol. The molecule has 1 N–H and O–H groups in total. The first-order valence-electron chi connectivity index (χ1n) is 7.24. The van der Waals surface area contributed by atoms with E-state index < -0.39 is 0 Å². The van der Waals surface area contributed by atoms with E-state index in [4.69, 9.17) is 16.3 Å². The average Bonchev–Trinajstić information content (AvgIpc) is 2.37. The number of ether oxygens (including phenoxy) is 1. The van der Waals surface area contributed by atoms with Crippen LogP contribution in [0.2, 0.25) is 5.02 Å². The smallest absolute Gasteiger partial charge is 0.0518 e. The summed E-state index contributed by atoms with van der Waals surface area (Å²) in [5.41, 5.74) is 1.27. The summed E-state index contributed by atoms with van der Waals surface area (Å²) in [5, 5.41) is 4.40. The lowest BCUT2D eigenvalue weighted by Crippen LogP contribution is -2.22. The maximum atomic E-state index is 6.03. The highest BCUT2D eigenvalue weighted by Gasteiger charge is 2.08. The second kappa shape index (κ2) is 9.35. The van der Waals surface area contributed by atoms with Crippen LogP contribution in [0.25, 0.3) is 0 Å². The molecule has 0 aliphatic rings. The van der Waals surface area contributed by atoms with Gasteiger partial charge in [-0.25, -0.2) is 0 Å². The zero-order valence-electron chi connectivity index (χ0n) is 12.3. The predicted octanol–water partition coefficient (Wildman–Crippen LogP) is 4.59. The molecule has 1 unspecified atom stereocenters. The Hall–Kier alpha value is -0.570. The van der Waals surface area contributed by atoms with E-state index in [0.717, 1.165) is 37.4 Å². The molecule has 19 heavy (non-hydrogen) atoms. The van der Waals surface area contributed by atoms with Crippen LogP contribution in [-0.4, -0.2) is 19.3 Å². The first-order chi connectivity index (χ1) is 9.13. The minimum Gasteiger partial charge on any atom is -0.379 e. The summed E-state index contributed by atoms with van der Waals surface area (Å²) in [5.74, 6) is 0. The largest absolute Gasteiger partial charge is 0.379 e. The van der Waals surface area contributed by atoms with Gasteiger partial charge in [-0.05, 0) is 57.4 Å². The SMILES string of the molecule is CCC(NCCCCOC(C)C)c1cccc(Cl)c1. The van der Waals surface area contributed by atoms with E-state index in [1.807, 2.05) is 18.2 Å². The van der Waals surface area contributed by atoms with Crippen LogP contribution in [0.3, 0.4) is 0 Å². The number of halogens is 1. The van der Waals surface area contributed by atoms with Gasteiger partial charge < -0.3 is 10.1 Å². The normalized spacial score (nSPS) is 12.9. The standard InChI is InChI=1S/C16H26ClNO/c1-4-16(14-8-7-9-15(17)12-14)18-10-5-6-11-19-13(2)3/h7-9,12-13,16,18H,4-6,10-11H2,1-3H3. The molecule has 0 radical (unpaired) electrons. The third kappa shape index (κ3) is 6.95. The Morgan fingerprint density at radius 3 is 2.68 bits per heavy atom. The van der Waals surface area contributed by atoms with Crippen LogP contribution in [0.15, 0.2) is 24.3 Å². The molecule has 3 heteroatoms. The van der Waals surface area contributed by atoms with Crippen molar-refractivity contribution < 1.29 is 4.74 Å². The number of nitrogens with one attached hydrogen (secondary N) is 1. The van der Waals surface area contributed by atoms with Crippen LogP contribution in [0.4, 0.5) is 0 Å². The van der Waals surface area contributed by atoms with Crippen molar-refractivity contribution in [2.24, 2.45) is 0 Å². The molecule has 0 aliphatic carbocycles. The Morgan fingerprint density at radius 2 is 2.05 bits per heavy atom. The number of hydrogen-bond donors (Lipinski definition) is 1. The zero-order chi connectivity index (χ0) is 14.1. The molecule has 0 amide bonds. The van der Waals surface area contributed by atoms with Crippen molar-refractivity contribution in [1.82, 2.24) is 5.32 Å². The van der Waals surface area contributed by atoms with Crippen molar-refractivity contribution >= 4 is 11.6 Å². The number of rotatable bonds is 9. The Kier molecular flexibility index (Phi) is 8.11. The molecule has 1 rings (SSSR count). The van der Waals surface area contributed by atoms with E-state index >= 15 is 0 Å². The first kappa shape index (κ1) is 16.5. The minimum atomic E-state index is 0.336. The molecule has 0 spiro atoms. The van der Waals surface area contributed by atoms with Crippen molar-refractivity contribution in [2.75, 3.05) is 13.2 Å². The fraction of sp³-hybridized carbons (Fsp3) is 0.625. The van der Waals surface area contributed by atoms with Gasteiger partial charge >= 0.3 is 0 Å². The summed E-state index contributed by atoms with van der Waals surface area (Å²) >= 11 is 6.03. The Bertz CT molecular complexity index is 354. The monoisotopic (exact) mass is 283 g/mol. The van der Waals surface area contributed by atoms with Gasteiger partial charge in [-0.15, -0.1) is 0 Å². The van der Waals surface area contributed by atoms with Gasteiger partial charge in [0, 0.05) is 17.7 Å². The Balaban J connectivity index is 2.26. The van der Waals surface area contributed by atoms with Gasteiger partial charge in [0.15, 0.2) is 0 Å². The Morgan fingerprint density at radius 1 is 1.26 bits per heavy atom. The van der Waals surface area contributed by atoms with Gasteiger partial charge in [0.25, 0.3) is 0 Å². The van der Waals surface area contributed by atoms with E-state index in [1.54, 1.807) is 0 Å². The lowest BCUT2D eigenvalue weighted by atomic mass is 10.0. The molecule has 2 nitrogen and oxygen atoms in total. The minimum absolute atomic E-state index is 0.336. The molecule has 0 fully saturated rings. The number of unbranched alkanes of at least 4 members (excludes halogenated alkanes) is 1. The van der Waals surface area contributed by atoms with Gasteiger partial charge in [0.1, 0.15) is 0 Å². The lowest BCUT2D eigenvalue weighted by Gasteiger charge is -2.17. The van der Waals surface area contributed by atoms with E-state index in [0.29, 0.717) is 12.1 Å². The summed E-state index contributed by atoms with van der Waals surface area (Å²) in [6.45, 7) is 8.22. The van der Waals surface area contributed by atoms with Crippen LogP contribution < -0.4 is 5.32 Å². The summed E-state index contributed by atoms with van der Waals surface area (Å²) < 4.78 is 5.53. The van der Waals surface area contributed by atoms with Crippen molar-refractivity contribution in [2.45, 2.75) is 52.2 Å². The van der Waals surface area contributed by atoms with Gasteiger partial charge in [-0.3, -0.25) is 0 Å². The summed E-state index contributed by atoms with van der Waals surface area (Å²) in [7, 11) is 0. The first-order valence-corrected chi connectivity index (χ1v) is 7.61. The van der Waals surface area contributed by atoms with Crippen molar-refractivity contribution in [3.63, 3.8) is 0 Å². The molecule has 1 atom stereocenters. The van der Waals surface area contributed by atoms with Crippen molar-refractivity contribution in [1.29, 1.82) is 0 Å². The highest BCUT2D eigenvalue weighted by Crippen LogP contribution is 2.20. The van der Waals surface area contributed by atoms with Crippen LogP contribution in [-0.2, 0) is 4.74 Å². The third-order valence-corrected chi connectivity index (χ3v) is 3.31. The molecule has 0 aromatic heterocycles. The summed E-state index contributed by atoms with van der Waals surface area (Å²) in [4.78, 5) is 0. The number of hydrogen-bond acceptors (Lipinski definition) is 2. The molecule has 0 heterocycles. The summed E-state index contributed by atoms with van der Waals surface area (Å²) in [6.07, 6.45) is 3.66. The van der Waals surface area contributed by atoms with Crippen molar-refractivity contribution in [3.05, 3.63) is 34.9 Å². The Labute approximate surface area is 122 Å². The quantitative estimate of drug-likeness (QED) is 0.670. The second-order valence-corrected chi connectivity index (χ2v) is 5.53. The topological polar surface area (TPSA) is 21.3 Å². The molecule has 0 saturated carbocycles. The zero-order valence-corrected chi connectivity index (χ0v) is 13.0. The fourth-order valence-electron chi connectivity index (χ4n) is 2.04. The second-order valence-electron chi connectivity index (χ2n) is 5.10. The van der Waals surface area contributed by atoms with Gasteiger partial charge in [0.2, 0.25) is 0 Å². The van der Waals surface area contributed by atoms with E-state index in [1.165, 1.54) is 5.56 Å². The molecule has 0 bridgehead atoms. The maximum Gasteiger partial charge on any atom is 0.0518 e. The average molecular weight is 284 g/mol. The highest BCUT2D eigenvalue weighted by atomic mass is 35.5. The predicted molar refractivity (Wildman–Crippen MR) is 82.8 cm³/mol. The fourth-order valence-corrected chi connectivity index (χ4v) is 2.24. The maximum absolute atomic E-state index is 6.03. The van der Waals surface area contributed by atoms with Crippen LogP contribution >= 0.6 is 11.6 Å². The van der Waals surface area contributed by atoms with Crippen LogP contribution in [0.1, 0.15) is 51.6 Å². The van der Waals surface area contributed by atoms with Gasteiger partial charge in [-0.2, -0.15) is 0 Å². The van der Waals surface area contributed by atoms with Crippen LogP contribution in [0, 0.1) is 0 Å². The molecule has 1 aromatic rings. The van der Waals surface area contributed by atoms with Gasteiger partial charge in [-0.1, -0.05) is 30.7 Å². The molecular formula is C16H26ClNO. The molecule has 0 saturated heterocycles. The van der Waals surface area contributed by atoms with Crippen molar-refractivity contribution in [3.8, 4) is 0 Å². The van der Waals surface area contributed by atoms with Crippen LogP contribution in [0.5, 0.6) is 0 Å². The number of benzene rings is 1. The van der Waals surface area contributed by atoms with E-state index in [2.05, 4.69) is 32.2 Å². The molecule has 1 aromatic carbocycles. The summed E-state index contributed by atoms with van der Waals surface area (Å²) in [6, 6.07) is 8.50. The van der Waals surface area contributed by atoms with Gasteiger partial charge in [0.05, 0.1) is 6.10 Å². The van der Waals surface area contributed by atoms with E-state index in [-0.39, 0.29) is 0 Å².